The number of thiazole rings is 1. The van der Waals surface area contributed by atoms with Gasteiger partial charge in [0.2, 0.25) is 5.91 Å². The van der Waals surface area contributed by atoms with Gasteiger partial charge in [-0.15, -0.1) is 11.3 Å². The van der Waals surface area contributed by atoms with E-state index in [9.17, 15) is 9.59 Å². The Balaban J connectivity index is 1.63. The van der Waals surface area contributed by atoms with Crippen molar-refractivity contribution in [2.45, 2.75) is 20.5 Å². The first kappa shape index (κ1) is 17.8. The predicted octanol–water partition coefficient (Wildman–Crippen LogP) is 4.43. The van der Waals surface area contributed by atoms with E-state index in [1.54, 1.807) is 24.3 Å². The summed E-state index contributed by atoms with van der Waals surface area (Å²) in [5.41, 5.74) is 3.88. The number of amides is 1. The van der Waals surface area contributed by atoms with E-state index >= 15 is 0 Å². The van der Waals surface area contributed by atoms with Gasteiger partial charge < -0.3 is 10.1 Å². The lowest BCUT2D eigenvalue weighted by Gasteiger charge is -2.06. The van der Waals surface area contributed by atoms with Crippen LogP contribution in [0.2, 0.25) is 0 Å². The van der Waals surface area contributed by atoms with Crippen LogP contribution in [0.25, 0.3) is 10.6 Å². The molecule has 0 aliphatic rings. The zero-order chi connectivity index (χ0) is 18.5. The summed E-state index contributed by atoms with van der Waals surface area (Å²) in [7, 11) is 0. The highest BCUT2D eigenvalue weighted by atomic mass is 32.1. The molecule has 0 saturated heterocycles. The van der Waals surface area contributed by atoms with Gasteiger partial charge in [0, 0.05) is 23.6 Å². The minimum atomic E-state index is -0.456. The third-order valence-corrected chi connectivity index (χ3v) is 4.56. The second kappa shape index (κ2) is 7.93. The van der Waals surface area contributed by atoms with Gasteiger partial charge in [-0.25, -0.2) is 9.78 Å². The van der Waals surface area contributed by atoms with E-state index in [0.29, 0.717) is 16.9 Å². The van der Waals surface area contributed by atoms with E-state index in [-0.39, 0.29) is 12.5 Å². The molecule has 132 valence electrons. The van der Waals surface area contributed by atoms with Crippen LogP contribution >= 0.6 is 11.3 Å². The van der Waals surface area contributed by atoms with E-state index < -0.39 is 5.97 Å². The number of nitrogens with zero attached hydrogens (tertiary/aromatic N) is 1. The zero-order valence-electron chi connectivity index (χ0n) is 14.5. The highest BCUT2D eigenvalue weighted by Crippen LogP contribution is 2.24. The van der Waals surface area contributed by atoms with Crippen molar-refractivity contribution < 1.29 is 14.3 Å². The molecule has 0 aliphatic carbocycles. The second-order valence-corrected chi connectivity index (χ2v) is 6.71. The number of rotatable bonds is 5. The van der Waals surface area contributed by atoms with Crippen molar-refractivity contribution in [1.29, 1.82) is 0 Å². The van der Waals surface area contributed by atoms with Crippen molar-refractivity contribution in [3.63, 3.8) is 0 Å². The van der Waals surface area contributed by atoms with Crippen LogP contribution in [0.15, 0.2) is 53.9 Å². The molecule has 1 N–H and O–H groups in total. The first-order valence-electron chi connectivity index (χ1n) is 8.07. The van der Waals surface area contributed by atoms with Crippen molar-refractivity contribution in [2.75, 3.05) is 5.32 Å². The number of aryl methyl sites for hydroxylation is 1. The van der Waals surface area contributed by atoms with Gasteiger partial charge in [0.25, 0.3) is 0 Å². The van der Waals surface area contributed by atoms with Gasteiger partial charge in [0.05, 0.1) is 11.3 Å². The topological polar surface area (TPSA) is 68.3 Å². The molecule has 0 spiro atoms. The Labute approximate surface area is 155 Å². The minimum Gasteiger partial charge on any atom is -0.456 e. The van der Waals surface area contributed by atoms with Gasteiger partial charge in [-0.3, -0.25) is 4.79 Å². The zero-order valence-corrected chi connectivity index (χ0v) is 15.3. The van der Waals surface area contributed by atoms with Gasteiger partial charge in [-0.2, -0.15) is 0 Å². The van der Waals surface area contributed by atoms with E-state index in [1.165, 1.54) is 23.8 Å². The van der Waals surface area contributed by atoms with Crippen LogP contribution in [0.4, 0.5) is 5.69 Å². The smallest absolute Gasteiger partial charge is 0.338 e. The number of nitrogens with one attached hydrogen (secondary N) is 1. The van der Waals surface area contributed by atoms with Gasteiger partial charge >= 0.3 is 5.97 Å². The number of esters is 1. The molecule has 0 aliphatic heterocycles. The molecule has 0 atom stereocenters. The first-order valence-corrected chi connectivity index (χ1v) is 8.95. The van der Waals surface area contributed by atoms with Crippen molar-refractivity contribution in [1.82, 2.24) is 4.98 Å². The van der Waals surface area contributed by atoms with Crippen LogP contribution in [0.5, 0.6) is 0 Å². The Morgan fingerprint density at radius 3 is 2.65 bits per heavy atom. The molecular formula is C20H18N2O3S. The van der Waals surface area contributed by atoms with Crippen molar-refractivity contribution in [3.05, 3.63) is 70.7 Å². The summed E-state index contributed by atoms with van der Waals surface area (Å²) in [5.74, 6) is -0.649. The number of hydrogen-bond acceptors (Lipinski definition) is 5. The Hall–Kier alpha value is -2.99. The second-order valence-electron chi connectivity index (χ2n) is 5.85. The number of aromatic nitrogens is 1. The third kappa shape index (κ3) is 4.55. The SMILES string of the molecule is CC(=O)Nc1cccc(C(=O)OCc2csc(-c3ccc(C)cc3)n2)c1. The van der Waals surface area contributed by atoms with Crippen LogP contribution in [-0.4, -0.2) is 16.9 Å². The number of ether oxygens (including phenoxy) is 1. The summed E-state index contributed by atoms with van der Waals surface area (Å²) in [6, 6.07) is 14.8. The molecule has 1 amide bonds. The standard InChI is InChI=1S/C20H18N2O3S/c1-13-6-8-15(9-7-13)19-22-18(12-26-19)11-25-20(24)16-4-3-5-17(10-16)21-14(2)23/h3-10,12H,11H2,1-2H3,(H,21,23). The lowest BCUT2D eigenvalue weighted by atomic mass is 10.2. The molecule has 2 aromatic carbocycles. The Kier molecular flexibility index (Phi) is 5.43. The average molecular weight is 366 g/mol. The normalized spacial score (nSPS) is 10.4. The lowest BCUT2D eigenvalue weighted by molar-refractivity contribution is -0.114. The van der Waals surface area contributed by atoms with Gasteiger partial charge in [0.1, 0.15) is 11.6 Å². The van der Waals surface area contributed by atoms with Crippen molar-refractivity contribution in [3.8, 4) is 10.6 Å². The van der Waals surface area contributed by atoms with E-state index in [1.807, 2.05) is 36.6 Å². The maximum atomic E-state index is 12.2. The fraction of sp³-hybridized carbons (Fsp3) is 0.150. The predicted molar refractivity (Wildman–Crippen MR) is 102 cm³/mol. The first-order chi connectivity index (χ1) is 12.5. The Morgan fingerprint density at radius 2 is 1.92 bits per heavy atom. The van der Waals surface area contributed by atoms with Crippen molar-refractivity contribution >= 4 is 28.9 Å². The number of carbonyl (C=O) groups is 2. The lowest BCUT2D eigenvalue weighted by Crippen LogP contribution is -2.09. The fourth-order valence-corrected chi connectivity index (χ4v) is 3.16. The van der Waals surface area contributed by atoms with Crippen molar-refractivity contribution in [2.24, 2.45) is 0 Å². The summed E-state index contributed by atoms with van der Waals surface area (Å²) >= 11 is 1.52. The highest BCUT2D eigenvalue weighted by Gasteiger charge is 2.11. The molecule has 3 rings (SSSR count). The van der Waals surface area contributed by atoms with E-state index in [0.717, 1.165) is 10.6 Å². The summed E-state index contributed by atoms with van der Waals surface area (Å²) in [6.45, 7) is 3.56. The Morgan fingerprint density at radius 1 is 1.15 bits per heavy atom. The minimum absolute atomic E-state index is 0.103. The highest BCUT2D eigenvalue weighted by molar-refractivity contribution is 7.13. The molecule has 1 aromatic heterocycles. The molecule has 0 fully saturated rings. The molecule has 3 aromatic rings. The van der Waals surface area contributed by atoms with Crippen LogP contribution in [-0.2, 0) is 16.1 Å². The summed E-state index contributed by atoms with van der Waals surface area (Å²) in [6.07, 6.45) is 0. The van der Waals surface area contributed by atoms with E-state index in [4.69, 9.17) is 4.74 Å². The van der Waals surface area contributed by atoms with Gasteiger partial charge in [0.15, 0.2) is 0 Å². The summed E-state index contributed by atoms with van der Waals surface area (Å²) in [5, 5.41) is 5.42. The maximum absolute atomic E-state index is 12.2. The quantitative estimate of drug-likeness (QED) is 0.678. The maximum Gasteiger partial charge on any atom is 0.338 e. The largest absolute Gasteiger partial charge is 0.456 e. The summed E-state index contributed by atoms with van der Waals surface area (Å²) in [4.78, 5) is 27.8. The average Bonchev–Trinajstić information content (AvgIpc) is 3.09. The van der Waals surface area contributed by atoms with Crippen LogP contribution in [0.1, 0.15) is 28.5 Å². The number of carbonyl (C=O) groups excluding carboxylic acids is 2. The fourth-order valence-electron chi connectivity index (χ4n) is 2.35. The third-order valence-electron chi connectivity index (χ3n) is 3.62. The molecule has 0 saturated carbocycles. The van der Waals surface area contributed by atoms with Gasteiger partial charge in [-0.1, -0.05) is 35.9 Å². The summed E-state index contributed by atoms with van der Waals surface area (Å²) < 4.78 is 5.33. The molecule has 5 nitrogen and oxygen atoms in total. The molecule has 0 bridgehead atoms. The molecular weight excluding hydrogens is 348 g/mol. The molecule has 0 unspecified atom stereocenters. The monoisotopic (exact) mass is 366 g/mol. The Bertz CT molecular complexity index is 932. The number of hydrogen-bond donors (Lipinski definition) is 1. The number of benzene rings is 2. The van der Waals surface area contributed by atoms with Crippen LogP contribution in [0.3, 0.4) is 0 Å². The van der Waals surface area contributed by atoms with Crippen LogP contribution < -0.4 is 5.32 Å². The molecule has 26 heavy (non-hydrogen) atoms. The number of anilines is 1. The van der Waals surface area contributed by atoms with E-state index in [2.05, 4.69) is 10.3 Å². The van der Waals surface area contributed by atoms with Crippen LogP contribution in [0, 0.1) is 6.92 Å². The molecule has 0 radical (unpaired) electrons. The molecule has 6 heteroatoms. The molecule has 1 heterocycles. The van der Waals surface area contributed by atoms with Gasteiger partial charge in [-0.05, 0) is 25.1 Å².